The van der Waals surface area contributed by atoms with E-state index >= 15 is 0 Å². The number of anilines is 1. The van der Waals surface area contributed by atoms with Gasteiger partial charge >= 0.3 is 0 Å². The van der Waals surface area contributed by atoms with Gasteiger partial charge in [0.15, 0.2) is 0 Å². The molecule has 1 unspecified atom stereocenters. The lowest BCUT2D eigenvalue weighted by Crippen LogP contribution is -2.24. The van der Waals surface area contributed by atoms with Gasteiger partial charge in [-0.05, 0) is 19.1 Å². The van der Waals surface area contributed by atoms with Crippen LogP contribution in [-0.2, 0) is 0 Å². The van der Waals surface area contributed by atoms with Crippen molar-refractivity contribution in [3.05, 3.63) is 30.3 Å². The molecular formula is C10H15N3O. The van der Waals surface area contributed by atoms with E-state index in [0.717, 1.165) is 5.69 Å². The Balaban J connectivity index is 2.45. The molecule has 0 bridgehead atoms. The zero-order chi connectivity index (χ0) is 10.4. The van der Waals surface area contributed by atoms with Crippen molar-refractivity contribution in [3.63, 3.8) is 0 Å². The molecule has 4 heteroatoms. The number of para-hydroxylation sites is 1. The first-order valence-corrected chi connectivity index (χ1v) is 4.50. The molecule has 0 saturated heterocycles. The molecule has 14 heavy (non-hydrogen) atoms. The zero-order valence-electron chi connectivity index (χ0n) is 8.14. The highest BCUT2D eigenvalue weighted by molar-refractivity contribution is 5.80. The van der Waals surface area contributed by atoms with Crippen LogP contribution in [0.15, 0.2) is 35.5 Å². The quantitative estimate of drug-likeness (QED) is 0.294. The van der Waals surface area contributed by atoms with E-state index in [0.29, 0.717) is 6.42 Å². The minimum absolute atomic E-state index is 0.147. The van der Waals surface area contributed by atoms with Crippen LogP contribution in [0.3, 0.4) is 0 Å². The van der Waals surface area contributed by atoms with Crippen LogP contribution in [0.5, 0.6) is 0 Å². The Kier molecular flexibility index (Phi) is 3.79. The van der Waals surface area contributed by atoms with Crippen LogP contribution in [0.25, 0.3) is 0 Å². The summed E-state index contributed by atoms with van der Waals surface area (Å²) < 4.78 is 0. The van der Waals surface area contributed by atoms with Crippen LogP contribution in [0, 0.1) is 0 Å². The first kappa shape index (κ1) is 10.4. The zero-order valence-corrected chi connectivity index (χ0v) is 8.14. The van der Waals surface area contributed by atoms with Crippen LogP contribution in [0.4, 0.5) is 5.69 Å². The number of nitrogens with two attached hydrogens (primary N) is 1. The van der Waals surface area contributed by atoms with Gasteiger partial charge < -0.3 is 16.3 Å². The van der Waals surface area contributed by atoms with Gasteiger partial charge in [0.2, 0.25) is 0 Å². The van der Waals surface area contributed by atoms with Crippen LogP contribution >= 0.6 is 0 Å². The molecule has 1 aromatic rings. The maximum atomic E-state index is 8.38. The third-order valence-electron chi connectivity index (χ3n) is 1.83. The van der Waals surface area contributed by atoms with Gasteiger partial charge in [0.05, 0.1) is 0 Å². The van der Waals surface area contributed by atoms with Crippen molar-refractivity contribution >= 4 is 11.5 Å². The highest BCUT2D eigenvalue weighted by Gasteiger charge is 2.03. The summed E-state index contributed by atoms with van der Waals surface area (Å²) in [5.41, 5.74) is 6.42. The molecule has 1 rings (SSSR count). The normalized spacial score (nSPS) is 13.6. The molecule has 4 N–H and O–H groups in total. The molecule has 76 valence electrons. The summed E-state index contributed by atoms with van der Waals surface area (Å²) in [6, 6.07) is 9.97. The van der Waals surface area contributed by atoms with Crippen molar-refractivity contribution < 1.29 is 5.21 Å². The fourth-order valence-corrected chi connectivity index (χ4v) is 1.22. The topological polar surface area (TPSA) is 70.6 Å². The van der Waals surface area contributed by atoms with Gasteiger partial charge in [0, 0.05) is 18.2 Å². The first-order chi connectivity index (χ1) is 6.72. The Bertz CT molecular complexity index is 297. The van der Waals surface area contributed by atoms with Gasteiger partial charge in [-0.3, -0.25) is 0 Å². The molecule has 4 nitrogen and oxygen atoms in total. The van der Waals surface area contributed by atoms with Gasteiger partial charge in [0.1, 0.15) is 5.84 Å². The fraction of sp³-hybridized carbons (Fsp3) is 0.300. The van der Waals surface area contributed by atoms with E-state index in [-0.39, 0.29) is 11.9 Å². The molecule has 0 spiro atoms. The Morgan fingerprint density at radius 2 is 2.14 bits per heavy atom. The van der Waals surface area contributed by atoms with Crippen molar-refractivity contribution in [3.8, 4) is 0 Å². The Morgan fingerprint density at radius 3 is 2.71 bits per heavy atom. The molecule has 0 saturated carbocycles. The summed E-state index contributed by atoms with van der Waals surface area (Å²) in [6.45, 7) is 1.98. The average molecular weight is 193 g/mol. The van der Waals surface area contributed by atoms with Gasteiger partial charge in [-0.1, -0.05) is 23.4 Å². The lowest BCUT2D eigenvalue weighted by molar-refractivity contribution is 0.316. The number of nitrogens with one attached hydrogen (secondary N) is 1. The lowest BCUT2D eigenvalue weighted by atomic mass is 10.2. The summed E-state index contributed by atoms with van der Waals surface area (Å²) >= 11 is 0. The summed E-state index contributed by atoms with van der Waals surface area (Å²) in [7, 11) is 0. The van der Waals surface area contributed by atoms with Gasteiger partial charge in [-0.15, -0.1) is 0 Å². The predicted molar refractivity (Wildman–Crippen MR) is 57.6 cm³/mol. The summed E-state index contributed by atoms with van der Waals surface area (Å²) in [5.74, 6) is 0.237. The van der Waals surface area contributed by atoms with E-state index in [9.17, 15) is 0 Å². The molecule has 0 heterocycles. The highest BCUT2D eigenvalue weighted by atomic mass is 16.4. The number of benzene rings is 1. The van der Waals surface area contributed by atoms with Crippen LogP contribution in [-0.4, -0.2) is 17.1 Å². The standard InChI is InChI=1S/C10H15N3O/c1-8(7-10(11)13-14)12-9-5-3-2-4-6-9/h2-6,8,12,14H,7H2,1H3,(H2,11,13). The second-order valence-corrected chi connectivity index (χ2v) is 3.21. The van der Waals surface area contributed by atoms with E-state index in [2.05, 4.69) is 10.5 Å². The first-order valence-electron chi connectivity index (χ1n) is 4.50. The summed E-state index contributed by atoms with van der Waals surface area (Å²) in [4.78, 5) is 0. The highest BCUT2D eigenvalue weighted by Crippen LogP contribution is 2.08. The van der Waals surface area contributed by atoms with E-state index < -0.39 is 0 Å². The second-order valence-electron chi connectivity index (χ2n) is 3.21. The molecule has 1 aromatic carbocycles. The van der Waals surface area contributed by atoms with Gasteiger partial charge in [0.25, 0.3) is 0 Å². The molecule has 0 aliphatic rings. The second kappa shape index (κ2) is 5.11. The smallest absolute Gasteiger partial charge is 0.141 e. The molecule has 0 radical (unpaired) electrons. The van der Waals surface area contributed by atoms with E-state index in [1.54, 1.807) is 0 Å². The van der Waals surface area contributed by atoms with E-state index in [1.807, 2.05) is 37.3 Å². The number of hydrogen-bond acceptors (Lipinski definition) is 3. The average Bonchev–Trinajstić information content (AvgIpc) is 2.19. The van der Waals surface area contributed by atoms with Crippen molar-refractivity contribution in [2.75, 3.05) is 5.32 Å². The minimum Gasteiger partial charge on any atom is -0.409 e. The SMILES string of the molecule is CC(CC(N)=NO)Nc1ccccc1. The summed E-state index contributed by atoms with van der Waals surface area (Å²) in [6.07, 6.45) is 0.519. The predicted octanol–water partition coefficient (Wildman–Crippen LogP) is 1.62. The van der Waals surface area contributed by atoms with Crippen LogP contribution < -0.4 is 11.1 Å². The largest absolute Gasteiger partial charge is 0.409 e. The number of nitrogens with zero attached hydrogens (tertiary/aromatic N) is 1. The van der Waals surface area contributed by atoms with Crippen molar-refractivity contribution in [1.82, 2.24) is 0 Å². The molecular weight excluding hydrogens is 178 g/mol. The maximum absolute atomic E-state index is 8.38. The Labute approximate surface area is 83.4 Å². The van der Waals surface area contributed by atoms with Crippen LogP contribution in [0.1, 0.15) is 13.3 Å². The number of rotatable bonds is 4. The van der Waals surface area contributed by atoms with E-state index in [1.165, 1.54) is 0 Å². The van der Waals surface area contributed by atoms with Crippen molar-refractivity contribution in [2.45, 2.75) is 19.4 Å². The third-order valence-corrected chi connectivity index (χ3v) is 1.83. The Hall–Kier alpha value is -1.71. The Morgan fingerprint density at radius 1 is 1.50 bits per heavy atom. The molecule has 0 aliphatic heterocycles. The lowest BCUT2D eigenvalue weighted by Gasteiger charge is -2.13. The molecule has 0 fully saturated rings. The minimum atomic E-state index is 0.147. The van der Waals surface area contributed by atoms with Gasteiger partial charge in [-0.25, -0.2) is 0 Å². The van der Waals surface area contributed by atoms with Crippen LogP contribution in [0.2, 0.25) is 0 Å². The van der Waals surface area contributed by atoms with E-state index in [4.69, 9.17) is 10.9 Å². The fourth-order valence-electron chi connectivity index (χ4n) is 1.22. The maximum Gasteiger partial charge on any atom is 0.141 e. The number of hydrogen-bond donors (Lipinski definition) is 3. The third kappa shape index (κ3) is 3.35. The molecule has 0 aromatic heterocycles. The number of oxime groups is 1. The molecule has 0 amide bonds. The monoisotopic (exact) mass is 193 g/mol. The number of amidine groups is 1. The molecule has 1 atom stereocenters. The van der Waals surface area contributed by atoms with Crippen molar-refractivity contribution in [1.29, 1.82) is 0 Å². The van der Waals surface area contributed by atoms with Crippen molar-refractivity contribution in [2.24, 2.45) is 10.9 Å². The summed E-state index contributed by atoms with van der Waals surface area (Å²) in [5, 5.41) is 14.5. The molecule has 0 aliphatic carbocycles. The van der Waals surface area contributed by atoms with Gasteiger partial charge in [-0.2, -0.15) is 0 Å².